The van der Waals surface area contributed by atoms with Gasteiger partial charge in [0.15, 0.2) is 5.78 Å². The van der Waals surface area contributed by atoms with Crippen molar-refractivity contribution in [1.82, 2.24) is 4.98 Å². The number of aromatic nitrogens is 1. The summed E-state index contributed by atoms with van der Waals surface area (Å²) in [5.74, 6) is -1.16. The van der Waals surface area contributed by atoms with Crippen LogP contribution in [0.2, 0.25) is 5.02 Å². The minimum Gasteiger partial charge on any atom is -0.308 e. The van der Waals surface area contributed by atoms with Crippen molar-refractivity contribution in [1.29, 1.82) is 0 Å². The maximum atomic E-state index is 14.4. The van der Waals surface area contributed by atoms with E-state index >= 15 is 0 Å². The Bertz CT molecular complexity index is 1280. The summed E-state index contributed by atoms with van der Waals surface area (Å²) in [6.07, 6.45) is 1.66. The first kappa shape index (κ1) is 19.5. The number of carbonyl (C=O) groups is 2. The third-order valence-electron chi connectivity index (χ3n) is 4.42. The van der Waals surface area contributed by atoms with Crippen LogP contribution in [0.15, 0.2) is 79.0 Å². The molecular formula is C23H15ClFN3O2. The molecule has 0 aliphatic carbocycles. The molecule has 0 fully saturated rings. The van der Waals surface area contributed by atoms with E-state index < -0.39 is 17.6 Å². The highest BCUT2D eigenvalue weighted by molar-refractivity contribution is 6.30. The zero-order valence-corrected chi connectivity index (χ0v) is 16.3. The molecule has 0 aliphatic rings. The molecule has 148 valence electrons. The fraction of sp³-hybridized carbons (Fsp3) is 0. The number of hydrogen-bond acceptors (Lipinski definition) is 3. The van der Waals surface area contributed by atoms with Crippen LogP contribution >= 0.6 is 11.6 Å². The van der Waals surface area contributed by atoms with E-state index in [1.54, 1.807) is 54.7 Å². The number of nitrogens with one attached hydrogen (secondary N) is 2. The van der Waals surface area contributed by atoms with Gasteiger partial charge in [0.1, 0.15) is 5.82 Å². The molecule has 0 unspecified atom stereocenters. The third kappa shape index (κ3) is 4.29. The van der Waals surface area contributed by atoms with Gasteiger partial charge in [0, 0.05) is 33.5 Å². The van der Waals surface area contributed by atoms with Gasteiger partial charge in [-0.3, -0.25) is 9.78 Å². The fourth-order valence-electron chi connectivity index (χ4n) is 3.01. The average molecular weight is 420 g/mol. The van der Waals surface area contributed by atoms with Crippen molar-refractivity contribution in [3.05, 3.63) is 101 Å². The highest BCUT2D eigenvalue weighted by Crippen LogP contribution is 2.22. The molecule has 7 heteroatoms. The number of urea groups is 1. The number of halogens is 2. The summed E-state index contributed by atoms with van der Waals surface area (Å²) in [5.41, 5.74) is 1.71. The normalized spacial score (nSPS) is 10.6. The van der Waals surface area contributed by atoms with Crippen LogP contribution in [0.25, 0.3) is 10.9 Å². The summed E-state index contributed by atoms with van der Waals surface area (Å²) >= 11 is 5.90. The van der Waals surface area contributed by atoms with Gasteiger partial charge in [-0.25, -0.2) is 9.18 Å². The van der Waals surface area contributed by atoms with E-state index in [1.165, 1.54) is 12.1 Å². The van der Waals surface area contributed by atoms with Crippen molar-refractivity contribution in [2.24, 2.45) is 0 Å². The highest BCUT2D eigenvalue weighted by atomic mass is 35.5. The van der Waals surface area contributed by atoms with Gasteiger partial charge in [0.05, 0.1) is 11.1 Å². The summed E-state index contributed by atoms with van der Waals surface area (Å²) < 4.78 is 14.4. The predicted molar refractivity (Wildman–Crippen MR) is 116 cm³/mol. The van der Waals surface area contributed by atoms with Crippen LogP contribution in [0, 0.1) is 5.82 Å². The molecule has 0 bridgehead atoms. The van der Waals surface area contributed by atoms with Crippen molar-refractivity contribution in [2.45, 2.75) is 0 Å². The maximum Gasteiger partial charge on any atom is 0.323 e. The molecule has 0 aliphatic heterocycles. The van der Waals surface area contributed by atoms with Crippen LogP contribution in [-0.2, 0) is 0 Å². The molecule has 0 radical (unpaired) electrons. The number of carbonyl (C=O) groups excluding carboxylic acids is 2. The first-order chi connectivity index (χ1) is 14.5. The van der Waals surface area contributed by atoms with Gasteiger partial charge in [-0.2, -0.15) is 0 Å². The van der Waals surface area contributed by atoms with E-state index in [1.807, 2.05) is 6.07 Å². The number of benzene rings is 3. The lowest BCUT2D eigenvalue weighted by Crippen LogP contribution is -2.19. The molecule has 2 N–H and O–H groups in total. The Morgan fingerprint density at radius 1 is 0.867 bits per heavy atom. The Labute approximate surface area is 176 Å². The lowest BCUT2D eigenvalue weighted by Gasteiger charge is -2.10. The number of nitrogens with zero attached hydrogens (tertiary/aromatic N) is 1. The van der Waals surface area contributed by atoms with Crippen LogP contribution in [0.4, 0.5) is 20.6 Å². The molecule has 30 heavy (non-hydrogen) atoms. The zero-order valence-electron chi connectivity index (χ0n) is 15.5. The lowest BCUT2D eigenvalue weighted by molar-refractivity contribution is 0.103. The molecule has 3 aromatic carbocycles. The number of ketones is 1. The monoisotopic (exact) mass is 419 g/mol. The van der Waals surface area contributed by atoms with Crippen LogP contribution < -0.4 is 10.6 Å². The standard InChI is InChI=1S/C23H15ClFN3O2/c24-16-4-1-5-17(12-16)27-23(30)28-18-7-8-20(25)19(13-18)22(29)15-6-9-21-14(11-15)3-2-10-26-21/h1-13H,(H2,27,28,30). The van der Waals surface area contributed by atoms with E-state index in [4.69, 9.17) is 11.6 Å². The molecule has 1 aromatic heterocycles. The van der Waals surface area contributed by atoms with Crippen molar-refractivity contribution in [3.8, 4) is 0 Å². The van der Waals surface area contributed by atoms with Crippen molar-refractivity contribution in [2.75, 3.05) is 10.6 Å². The van der Waals surface area contributed by atoms with E-state index in [-0.39, 0.29) is 11.3 Å². The molecule has 4 rings (SSSR count). The first-order valence-corrected chi connectivity index (χ1v) is 9.40. The summed E-state index contributed by atoms with van der Waals surface area (Å²) in [7, 11) is 0. The predicted octanol–water partition coefficient (Wildman–Crippen LogP) is 5.90. The summed E-state index contributed by atoms with van der Waals surface area (Å²) in [5, 5.41) is 6.47. The Balaban J connectivity index is 1.56. The van der Waals surface area contributed by atoms with Crippen LogP contribution in [0.1, 0.15) is 15.9 Å². The molecule has 4 aromatic rings. The van der Waals surface area contributed by atoms with Gasteiger partial charge in [0.25, 0.3) is 0 Å². The number of amides is 2. The van der Waals surface area contributed by atoms with Crippen molar-refractivity contribution >= 4 is 45.7 Å². The number of rotatable bonds is 4. The Hall–Kier alpha value is -3.77. The molecule has 0 saturated heterocycles. The number of pyridine rings is 1. The SMILES string of the molecule is O=C(Nc1cccc(Cl)c1)Nc1ccc(F)c(C(=O)c2ccc3ncccc3c2)c1. The first-order valence-electron chi connectivity index (χ1n) is 9.02. The van der Waals surface area contributed by atoms with Gasteiger partial charge in [-0.05, 0) is 60.7 Å². The van der Waals surface area contributed by atoms with E-state index in [0.29, 0.717) is 16.3 Å². The smallest absolute Gasteiger partial charge is 0.308 e. The van der Waals surface area contributed by atoms with Crippen LogP contribution in [0.5, 0.6) is 0 Å². The van der Waals surface area contributed by atoms with Crippen molar-refractivity contribution < 1.29 is 14.0 Å². The number of anilines is 2. The zero-order chi connectivity index (χ0) is 21.1. The minimum absolute atomic E-state index is 0.140. The maximum absolute atomic E-state index is 14.4. The Kier molecular flexibility index (Phi) is 5.41. The van der Waals surface area contributed by atoms with Gasteiger partial charge < -0.3 is 10.6 Å². The van der Waals surface area contributed by atoms with E-state index in [9.17, 15) is 14.0 Å². The largest absolute Gasteiger partial charge is 0.323 e. The fourth-order valence-corrected chi connectivity index (χ4v) is 3.20. The van der Waals surface area contributed by atoms with Crippen LogP contribution in [-0.4, -0.2) is 16.8 Å². The lowest BCUT2D eigenvalue weighted by atomic mass is 10.0. The number of fused-ring (bicyclic) bond motifs is 1. The number of hydrogen-bond donors (Lipinski definition) is 2. The van der Waals surface area contributed by atoms with Gasteiger partial charge in [-0.15, -0.1) is 0 Å². The van der Waals surface area contributed by atoms with E-state index in [0.717, 1.165) is 17.0 Å². The Morgan fingerprint density at radius 3 is 2.47 bits per heavy atom. The summed E-state index contributed by atoms with van der Waals surface area (Å²) in [6.45, 7) is 0. The van der Waals surface area contributed by atoms with Gasteiger partial charge >= 0.3 is 6.03 Å². The summed E-state index contributed by atoms with van der Waals surface area (Å²) in [6, 6.07) is 18.5. The molecule has 1 heterocycles. The molecular weight excluding hydrogens is 405 g/mol. The van der Waals surface area contributed by atoms with Gasteiger partial charge in [-0.1, -0.05) is 23.7 Å². The molecule has 0 spiro atoms. The molecule has 0 saturated carbocycles. The molecule has 5 nitrogen and oxygen atoms in total. The quantitative estimate of drug-likeness (QED) is 0.404. The summed E-state index contributed by atoms with van der Waals surface area (Å²) in [4.78, 5) is 29.3. The van der Waals surface area contributed by atoms with Gasteiger partial charge in [0.2, 0.25) is 0 Å². The van der Waals surface area contributed by atoms with E-state index in [2.05, 4.69) is 15.6 Å². The molecule has 2 amide bonds. The van der Waals surface area contributed by atoms with Crippen LogP contribution in [0.3, 0.4) is 0 Å². The minimum atomic E-state index is -0.674. The second-order valence-electron chi connectivity index (χ2n) is 6.52. The highest BCUT2D eigenvalue weighted by Gasteiger charge is 2.16. The second kappa shape index (κ2) is 8.31. The van der Waals surface area contributed by atoms with Crippen molar-refractivity contribution in [3.63, 3.8) is 0 Å². The average Bonchev–Trinajstić information content (AvgIpc) is 2.74. The molecule has 0 atom stereocenters. The third-order valence-corrected chi connectivity index (χ3v) is 4.65. The Morgan fingerprint density at radius 2 is 1.67 bits per heavy atom. The topological polar surface area (TPSA) is 71.1 Å². The second-order valence-corrected chi connectivity index (χ2v) is 6.96.